The number of aliphatic hydroxyl groups excluding tert-OH is 1. The van der Waals surface area contributed by atoms with Crippen LogP contribution in [0.2, 0.25) is 0 Å². The molecule has 0 radical (unpaired) electrons. The molecule has 0 rings (SSSR count). The minimum atomic E-state index is 0.245. The van der Waals surface area contributed by atoms with E-state index in [2.05, 4.69) is 37.9 Å². The maximum Gasteiger partial charge on any atom is 0.0585 e. The number of hydrogen-bond acceptors (Lipinski definition) is 3. The Balaban J connectivity index is 3.83. The Morgan fingerprint density at radius 1 is 1.25 bits per heavy atom. The van der Waals surface area contributed by atoms with Crippen molar-refractivity contribution in [1.29, 1.82) is 0 Å². The highest BCUT2D eigenvalue weighted by Crippen LogP contribution is 2.05. The average Bonchev–Trinajstić information content (AvgIpc) is 2.32. The zero-order valence-corrected chi connectivity index (χ0v) is 11.5. The number of rotatable bonds is 10. The smallest absolute Gasteiger partial charge is 0.0585 e. The molecule has 2 unspecified atom stereocenters. The van der Waals surface area contributed by atoms with E-state index in [-0.39, 0.29) is 12.6 Å². The molecular weight excluding hydrogens is 200 g/mol. The molecule has 0 aliphatic heterocycles. The topological polar surface area (TPSA) is 35.5 Å². The first-order valence-electron chi connectivity index (χ1n) is 6.74. The summed E-state index contributed by atoms with van der Waals surface area (Å²) in [5, 5.41) is 12.5. The molecule has 2 atom stereocenters. The van der Waals surface area contributed by atoms with Crippen molar-refractivity contribution in [2.24, 2.45) is 5.92 Å². The predicted octanol–water partition coefficient (Wildman–Crippen LogP) is 1.71. The third-order valence-electron chi connectivity index (χ3n) is 3.22. The second-order valence-electron chi connectivity index (χ2n) is 4.63. The van der Waals surface area contributed by atoms with Crippen LogP contribution in [0.4, 0.5) is 0 Å². The Bertz CT molecular complexity index is 153. The van der Waals surface area contributed by atoms with Gasteiger partial charge < -0.3 is 15.3 Å². The molecule has 0 saturated heterocycles. The summed E-state index contributed by atoms with van der Waals surface area (Å²) < 4.78 is 0. The van der Waals surface area contributed by atoms with Crippen LogP contribution in [0, 0.1) is 5.92 Å². The van der Waals surface area contributed by atoms with E-state index in [1.165, 1.54) is 13.0 Å². The van der Waals surface area contributed by atoms with E-state index in [1.54, 1.807) is 0 Å². The number of nitrogens with zero attached hydrogens (tertiary/aromatic N) is 1. The lowest BCUT2D eigenvalue weighted by Gasteiger charge is -2.25. The van der Waals surface area contributed by atoms with Gasteiger partial charge in [-0.25, -0.2) is 0 Å². The highest BCUT2D eigenvalue weighted by atomic mass is 16.3. The van der Waals surface area contributed by atoms with Crippen molar-refractivity contribution in [3.63, 3.8) is 0 Å². The van der Waals surface area contributed by atoms with Crippen LogP contribution in [0.15, 0.2) is 0 Å². The maximum atomic E-state index is 9.19. The van der Waals surface area contributed by atoms with E-state index < -0.39 is 0 Å². The van der Waals surface area contributed by atoms with E-state index in [0.717, 1.165) is 32.0 Å². The van der Waals surface area contributed by atoms with Gasteiger partial charge in [-0.15, -0.1) is 0 Å². The van der Waals surface area contributed by atoms with Gasteiger partial charge in [0, 0.05) is 12.6 Å². The number of likely N-dealkylation sites (N-methyl/N-ethyl adjacent to an activating group) is 1. The first-order valence-corrected chi connectivity index (χ1v) is 6.74. The normalized spacial score (nSPS) is 15.4. The van der Waals surface area contributed by atoms with E-state index in [0.29, 0.717) is 0 Å². The molecule has 0 aromatic heterocycles. The monoisotopic (exact) mass is 230 g/mol. The molecule has 0 aliphatic carbocycles. The molecule has 0 aliphatic rings. The summed E-state index contributed by atoms with van der Waals surface area (Å²) in [7, 11) is 0. The molecule has 2 N–H and O–H groups in total. The van der Waals surface area contributed by atoms with Crippen molar-refractivity contribution in [2.75, 3.05) is 32.8 Å². The predicted molar refractivity (Wildman–Crippen MR) is 70.7 cm³/mol. The Morgan fingerprint density at radius 3 is 2.38 bits per heavy atom. The zero-order valence-electron chi connectivity index (χ0n) is 11.5. The molecule has 0 heterocycles. The van der Waals surface area contributed by atoms with E-state index >= 15 is 0 Å². The van der Waals surface area contributed by atoms with Gasteiger partial charge in [-0.05, 0) is 32.0 Å². The molecule has 0 fully saturated rings. The minimum absolute atomic E-state index is 0.245. The molecule has 0 spiro atoms. The van der Waals surface area contributed by atoms with Crippen LogP contribution in [0.1, 0.15) is 40.5 Å². The van der Waals surface area contributed by atoms with Crippen LogP contribution in [0.25, 0.3) is 0 Å². The maximum absolute atomic E-state index is 9.19. The van der Waals surface area contributed by atoms with Gasteiger partial charge in [0.1, 0.15) is 0 Å². The van der Waals surface area contributed by atoms with Gasteiger partial charge in [0.2, 0.25) is 0 Å². The average molecular weight is 230 g/mol. The van der Waals surface area contributed by atoms with Crippen molar-refractivity contribution >= 4 is 0 Å². The van der Waals surface area contributed by atoms with Crippen LogP contribution < -0.4 is 5.32 Å². The van der Waals surface area contributed by atoms with Crippen molar-refractivity contribution in [2.45, 2.75) is 46.6 Å². The summed E-state index contributed by atoms with van der Waals surface area (Å²) in [6, 6.07) is 0.260. The lowest BCUT2D eigenvalue weighted by molar-refractivity contribution is 0.197. The quantitative estimate of drug-likeness (QED) is 0.600. The van der Waals surface area contributed by atoms with Gasteiger partial charge in [-0.2, -0.15) is 0 Å². The highest BCUT2D eigenvalue weighted by molar-refractivity contribution is 4.68. The van der Waals surface area contributed by atoms with Crippen molar-refractivity contribution in [3.8, 4) is 0 Å². The van der Waals surface area contributed by atoms with Crippen molar-refractivity contribution in [3.05, 3.63) is 0 Å². The first kappa shape index (κ1) is 15.9. The summed E-state index contributed by atoms with van der Waals surface area (Å²) in [4.78, 5) is 2.48. The fraction of sp³-hybridized carbons (Fsp3) is 1.00. The Kier molecular flexibility index (Phi) is 9.99. The molecule has 0 aromatic carbocycles. The van der Waals surface area contributed by atoms with Gasteiger partial charge in [0.25, 0.3) is 0 Å². The molecule has 0 aromatic rings. The fourth-order valence-corrected chi connectivity index (χ4v) is 1.83. The van der Waals surface area contributed by atoms with Gasteiger partial charge >= 0.3 is 0 Å². The molecule has 0 amide bonds. The van der Waals surface area contributed by atoms with E-state index in [4.69, 9.17) is 0 Å². The zero-order chi connectivity index (χ0) is 12.4. The molecule has 3 nitrogen and oxygen atoms in total. The lowest BCUT2D eigenvalue weighted by atomic mass is 10.1. The Morgan fingerprint density at radius 2 is 1.94 bits per heavy atom. The SMILES string of the molecule is CCNC(CO)CCN(CC)CC(C)CC. The summed E-state index contributed by atoms with van der Waals surface area (Å²) in [5.74, 6) is 0.770. The molecule has 0 saturated carbocycles. The van der Waals surface area contributed by atoms with Gasteiger partial charge in [0.05, 0.1) is 6.61 Å². The van der Waals surface area contributed by atoms with Crippen LogP contribution >= 0.6 is 0 Å². The van der Waals surface area contributed by atoms with Crippen LogP contribution in [-0.4, -0.2) is 48.8 Å². The number of hydrogen-bond donors (Lipinski definition) is 2. The standard InChI is InChI=1S/C13H30N2O/c1-5-12(4)10-15(7-3)9-8-13(11-16)14-6-2/h12-14,16H,5-11H2,1-4H3. The molecule has 0 bridgehead atoms. The molecule has 3 heteroatoms. The second-order valence-corrected chi connectivity index (χ2v) is 4.63. The summed E-state index contributed by atoms with van der Waals surface area (Å²) >= 11 is 0. The van der Waals surface area contributed by atoms with Crippen molar-refractivity contribution in [1.82, 2.24) is 10.2 Å². The summed E-state index contributed by atoms with van der Waals surface area (Å²) in [6.07, 6.45) is 2.28. The first-order chi connectivity index (χ1) is 7.67. The van der Waals surface area contributed by atoms with E-state index in [1.807, 2.05) is 0 Å². The van der Waals surface area contributed by atoms with Crippen LogP contribution in [0.3, 0.4) is 0 Å². The molecule has 98 valence electrons. The fourth-order valence-electron chi connectivity index (χ4n) is 1.83. The van der Waals surface area contributed by atoms with Crippen LogP contribution in [-0.2, 0) is 0 Å². The highest BCUT2D eigenvalue weighted by Gasteiger charge is 2.10. The third-order valence-corrected chi connectivity index (χ3v) is 3.22. The van der Waals surface area contributed by atoms with E-state index in [9.17, 15) is 5.11 Å². The van der Waals surface area contributed by atoms with Gasteiger partial charge in [-0.3, -0.25) is 0 Å². The minimum Gasteiger partial charge on any atom is -0.395 e. The largest absolute Gasteiger partial charge is 0.395 e. The third kappa shape index (κ3) is 7.20. The molecule has 16 heavy (non-hydrogen) atoms. The van der Waals surface area contributed by atoms with Crippen LogP contribution in [0.5, 0.6) is 0 Å². The lowest BCUT2D eigenvalue weighted by Crippen LogP contribution is -2.37. The number of aliphatic hydroxyl groups is 1. The van der Waals surface area contributed by atoms with Crippen molar-refractivity contribution < 1.29 is 5.11 Å². The Hall–Kier alpha value is -0.120. The summed E-state index contributed by atoms with van der Waals surface area (Å²) in [6.45, 7) is 13.4. The molecular formula is C13H30N2O. The second kappa shape index (κ2) is 10.1. The van der Waals surface area contributed by atoms with Gasteiger partial charge in [0.15, 0.2) is 0 Å². The summed E-state index contributed by atoms with van der Waals surface area (Å²) in [5.41, 5.74) is 0. The Labute approximate surface area is 101 Å². The van der Waals surface area contributed by atoms with Gasteiger partial charge in [-0.1, -0.05) is 34.1 Å². The number of nitrogens with one attached hydrogen (secondary N) is 1.